The Morgan fingerprint density at radius 1 is 1.24 bits per heavy atom. The van der Waals surface area contributed by atoms with Gasteiger partial charge in [-0.15, -0.1) is 35.3 Å². The van der Waals surface area contributed by atoms with E-state index >= 15 is 0 Å². The lowest BCUT2D eigenvalue weighted by molar-refractivity contribution is 0.414. The van der Waals surface area contributed by atoms with Crippen LogP contribution in [0.3, 0.4) is 0 Å². The van der Waals surface area contributed by atoms with Crippen LogP contribution in [0.1, 0.15) is 28.1 Å². The average molecular weight is 474 g/mol. The Morgan fingerprint density at radius 3 is 2.52 bits per heavy atom. The molecule has 0 aliphatic rings. The molecule has 25 heavy (non-hydrogen) atoms. The zero-order valence-electron chi connectivity index (χ0n) is 15.3. The molecular weight excluding hydrogens is 447 g/mol. The number of aromatic nitrogens is 1. The van der Waals surface area contributed by atoms with E-state index in [-0.39, 0.29) is 24.0 Å². The van der Waals surface area contributed by atoms with Crippen LogP contribution in [0, 0.1) is 6.92 Å². The molecule has 1 aromatic carbocycles. The SMILES string of the molecule is CCc1nc(CCNC(=NC)NCc2ccc(OC)cc2)sc1C.I. The molecule has 0 radical (unpaired) electrons. The first-order chi connectivity index (χ1) is 11.7. The second-order valence-corrected chi connectivity index (χ2v) is 6.70. The molecule has 5 nitrogen and oxygen atoms in total. The predicted octanol–water partition coefficient (Wildman–Crippen LogP) is 3.55. The molecule has 0 bridgehead atoms. The Balaban J connectivity index is 0.00000312. The van der Waals surface area contributed by atoms with Gasteiger partial charge in [0, 0.05) is 31.4 Å². The largest absolute Gasteiger partial charge is 0.497 e. The van der Waals surface area contributed by atoms with E-state index in [1.807, 2.05) is 24.3 Å². The van der Waals surface area contributed by atoms with Gasteiger partial charge in [-0.3, -0.25) is 4.99 Å². The molecule has 1 aromatic heterocycles. The van der Waals surface area contributed by atoms with Gasteiger partial charge in [0.15, 0.2) is 5.96 Å². The van der Waals surface area contributed by atoms with Crippen LogP contribution in [-0.4, -0.2) is 31.6 Å². The van der Waals surface area contributed by atoms with E-state index in [0.29, 0.717) is 0 Å². The van der Waals surface area contributed by atoms with E-state index in [0.717, 1.165) is 37.6 Å². The lowest BCUT2D eigenvalue weighted by Gasteiger charge is -2.11. The Bertz CT molecular complexity index is 670. The predicted molar refractivity (Wildman–Crippen MR) is 117 cm³/mol. The Morgan fingerprint density at radius 2 is 1.96 bits per heavy atom. The molecule has 0 spiro atoms. The minimum Gasteiger partial charge on any atom is -0.497 e. The van der Waals surface area contributed by atoms with Gasteiger partial charge in [0.1, 0.15) is 5.75 Å². The molecule has 0 unspecified atom stereocenters. The van der Waals surface area contributed by atoms with Crippen LogP contribution < -0.4 is 15.4 Å². The summed E-state index contributed by atoms with van der Waals surface area (Å²) < 4.78 is 5.17. The molecule has 0 atom stereocenters. The second-order valence-electron chi connectivity index (χ2n) is 5.41. The van der Waals surface area contributed by atoms with E-state index < -0.39 is 0 Å². The number of aryl methyl sites for hydroxylation is 2. The van der Waals surface area contributed by atoms with Gasteiger partial charge in [-0.05, 0) is 31.0 Å². The van der Waals surface area contributed by atoms with E-state index in [4.69, 9.17) is 4.74 Å². The van der Waals surface area contributed by atoms with Crippen LogP contribution in [0.2, 0.25) is 0 Å². The van der Waals surface area contributed by atoms with Crippen LogP contribution in [0.5, 0.6) is 5.75 Å². The number of methoxy groups -OCH3 is 1. The molecule has 0 saturated carbocycles. The van der Waals surface area contributed by atoms with Crippen LogP contribution in [0.25, 0.3) is 0 Å². The average Bonchev–Trinajstić information content (AvgIpc) is 2.98. The number of nitrogens with zero attached hydrogens (tertiary/aromatic N) is 2. The summed E-state index contributed by atoms with van der Waals surface area (Å²) in [6.45, 7) is 5.83. The molecule has 2 aromatic rings. The molecule has 7 heteroatoms. The summed E-state index contributed by atoms with van der Waals surface area (Å²) in [6, 6.07) is 8.01. The zero-order chi connectivity index (χ0) is 17.4. The summed E-state index contributed by atoms with van der Waals surface area (Å²) in [5.41, 5.74) is 2.40. The summed E-state index contributed by atoms with van der Waals surface area (Å²) in [7, 11) is 3.46. The first-order valence-corrected chi connectivity index (χ1v) is 9.00. The number of hydrogen-bond donors (Lipinski definition) is 2. The van der Waals surface area contributed by atoms with Crippen molar-refractivity contribution in [2.75, 3.05) is 20.7 Å². The topological polar surface area (TPSA) is 58.5 Å². The van der Waals surface area contributed by atoms with Crippen molar-refractivity contribution in [1.29, 1.82) is 0 Å². The lowest BCUT2D eigenvalue weighted by atomic mass is 10.2. The fourth-order valence-corrected chi connectivity index (χ4v) is 3.38. The van der Waals surface area contributed by atoms with Gasteiger partial charge in [-0.25, -0.2) is 4.98 Å². The number of aliphatic imine (C=N–C) groups is 1. The lowest BCUT2D eigenvalue weighted by Crippen LogP contribution is -2.37. The van der Waals surface area contributed by atoms with E-state index in [1.165, 1.54) is 21.1 Å². The summed E-state index contributed by atoms with van der Waals surface area (Å²) in [6.07, 6.45) is 1.91. The van der Waals surface area contributed by atoms with Gasteiger partial charge in [0.05, 0.1) is 17.8 Å². The fourth-order valence-electron chi connectivity index (χ4n) is 2.36. The molecule has 0 aliphatic carbocycles. The molecule has 2 rings (SSSR count). The van der Waals surface area contributed by atoms with Gasteiger partial charge >= 0.3 is 0 Å². The van der Waals surface area contributed by atoms with Gasteiger partial charge in [0.25, 0.3) is 0 Å². The molecule has 1 heterocycles. The number of guanidine groups is 1. The fraction of sp³-hybridized carbons (Fsp3) is 0.444. The zero-order valence-corrected chi connectivity index (χ0v) is 18.4. The Hall–Kier alpha value is -1.35. The molecule has 2 N–H and O–H groups in total. The van der Waals surface area contributed by atoms with Crippen molar-refractivity contribution in [3.8, 4) is 5.75 Å². The maximum atomic E-state index is 5.17. The van der Waals surface area contributed by atoms with Crippen molar-refractivity contribution in [1.82, 2.24) is 15.6 Å². The number of ether oxygens (including phenoxy) is 1. The molecule has 0 fully saturated rings. The number of benzene rings is 1. The standard InChI is InChI=1S/C18H26N4OS.HI/c1-5-16-13(2)24-17(22-16)10-11-20-18(19-3)21-12-14-6-8-15(23-4)9-7-14;/h6-9H,5,10-12H2,1-4H3,(H2,19,20,21);1H. The number of halogens is 1. The number of rotatable bonds is 7. The Labute approximate surface area is 171 Å². The third-order valence-electron chi connectivity index (χ3n) is 3.75. The monoisotopic (exact) mass is 474 g/mol. The molecule has 0 aliphatic heterocycles. The molecular formula is C18H27IN4OS. The van der Waals surface area contributed by atoms with Crippen LogP contribution >= 0.6 is 35.3 Å². The van der Waals surface area contributed by atoms with Crippen LogP contribution in [0.15, 0.2) is 29.3 Å². The maximum absolute atomic E-state index is 5.17. The summed E-state index contributed by atoms with van der Waals surface area (Å²) in [5.74, 6) is 1.67. The third-order valence-corrected chi connectivity index (χ3v) is 4.82. The number of nitrogens with one attached hydrogen (secondary N) is 2. The quantitative estimate of drug-likeness (QED) is 0.366. The van der Waals surface area contributed by atoms with Crippen molar-refractivity contribution in [3.05, 3.63) is 45.4 Å². The van der Waals surface area contributed by atoms with Gasteiger partial charge in [-0.2, -0.15) is 0 Å². The summed E-state index contributed by atoms with van der Waals surface area (Å²) in [4.78, 5) is 10.3. The minimum absolute atomic E-state index is 0. The van der Waals surface area contributed by atoms with Crippen molar-refractivity contribution >= 4 is 41.3 Å². The maximum Gasteiger partial charge on any atom is 0.191 e. The number of thiazole rings is 1. The molecule has 138 valence electrons. The van der Waals surface area contributed by atoms with E-state index in [2.05, 4.69) is 34.5 Å². The van der Waals surface area contributed by atoms with Crippen molar-refractivity contribution in [2.45, 2.75) is 33.2 Å². The normalized spacial score (nSPS) is 11.0. The highest BCUT2D eigenvalue weighted by Gasteiger charge is 2.06. The number of hydrogen-bond acceptors (Lipinski definition) is 4. The highest BCUT2D eigenvalue weighted by atomic mass is 127. The van der Waals surface area contributed by atoms with Gasteiger partial charge in [0.2, 0.25) is 0 Å². The smallest absolute Gasteiger partial charge is 0.191 e. The van der Waals surface area contributed by atoms with Crippen LogP contribution in [-0.2, 0) is 19.4 Å². The van der Waals surface area contributed by atoms with Crippen LogP contribution in [0.4, 0.5) is 0 Å². The van der Waals surface area contributed by atoms with Crippen molar-refractivity contribution in [2.24, 2.45) is 4.99 Å². The summed E-state index contributed by atoms with van der Waals surface area (Å²) >= 11 is 1.79. The van der Waals surface area contributed by atoms with Crippen molar-refractivity contribution < 1.29 is 4.74 Å². The van der Waals surface area contributed by atoms with Crippen molar-refractivity contribution in [3.63, 3.8) is 0 Å². The van der Waals surface area contributed by atoms with Gasteiger partial charge < -0.3 is 15.4 Å². The van der Waals surface area contributed by atoms with E-state index in [9.17, 15) is 0 Å². The highest BCUT2D eigenvalue weighted by molar-refractivity contribution is 14.0. The van der Waals surface area contributed by atoms with Gasteiger partial charge in [-0.1, -0.05) is 19.1 Å². The first-order valence-electron chi connectivity index (χ1n) is 8.18. The highest BCUT2D eigenvalue weighted by Crippen LogP contribution is 2.18. The Kier molecular flexibility index (Phi) is 9.81. The molecule has 0 saturated heterocycles. The first kappa shape index (κ1) is 21.7. The molecule has 0 amide bonds. The third kappa shape index (κ3) is 6.81. The summed E-state index contributed by atoms with van der Waals surface area (Å²) in [5, 5.41) is 7.84. The minimum atomic E-state index is 0. The van der Waals surface area contributed by atoms with E-state index in [1.54, 1.807) is 25.5 Å². The second kappa shape index (κ2) is 11.3.